The number of rotatable bonds is 6. The van der Waals surface area contributed by atoms with E-state index in [9.17, 15) is 14.0 Å². The predicted molar refractivity (Wildman–Crippen MR) is 112 cm³/mol. The van der Waals surface area contributed by atoms with E-state index in [-0.39, 0.29) is 5.82 Å². The number of amides is 1. The fourth-order valence-electron chi connectivity index (χ4n) is 2.69. The van der Waals surface area contributed by atoms with E-state index < -0.39 is 11.7 Å². The lowest BCUT2D eigenvalue weighted by atomic mass is 9.95. The number of allylic oxidation sites excluding steroid dienone is 1. The number of carbonyl (C=O) groups excluding carboxylic acids is 2. The van der Waals surface area contributed by atoms with Crippen molar-refractivity contribution < 1.29 is 18.7 Å². The highest BCUT2D eigenvalue weighted by atomic mass is 19.1. The molecule has 1 amide bonds. The van der Waals surface area contributed by atoms with Gasteiger partial charge in [-0.1, -0.05) is 12.1 Å². The second-order valence-electron chi connectivity index (χ2n) is 7.81. The number of aldehydes is 1. The monoisotopic (exact) mass is 399 g/mol. The summed E-state index contributed by atoms with van der Waals surface area (Å²) in [5.74, 6) is -0.0710. The predicted octanol–water partition coefficient (Wildman–Crippen LogP) is 4.24. The van der Waals surface area contributed by atoms with Gasteiger partial charge in [0, 0.05) is 18.3 Å². The molecule has 0 aliphatic rings. The Morgan fingerprint density at radius 3 is 2.38 bits per heavy atom. The van der Waals surface area contributed by atoms with Crippen molar-refractivity contribution in [2.24, 2.45) is 0 Å². The molecule has 0 saturated heterocycles. The van der Waals surface area contributed by atoms with Crippen molar-refractivity contribution in [1.29, 1.82) is 0 Å². The molecule has 6 nitrogen and oxygen atoms in total. The molecule has 0 spiro atoms. The van der Waals surface area contributed by atoms with Crippen LogP contribution in [0.4, 0.5) is 15.0 Å². The van der Waals surface area contributed by atoms with Gasteiger partial charge in [0.2, 0.25) is 0 Å². The third kappa shape index (κ3) is 6.80. The standard InChI is InChI=1S/C22H26FN3O3/c1-22(2,3)29-21(28)25-20-12-16(10-11-24-20)18(13-26(4)5)19(14-27)15-6-8-17(23)9-7-15/h6-12,14H,13H2,1-5H3,(H,24,25,28). The maximum Gasteiger partial charge on any atom is 0.413 e. The van der Waals surface area contributed by atoms with Crippen LogP contribution in [0, 0.1) is 5.82 Å². The molecule has 1 aromatic heterocycles. The summed E-state index contributed by atoms with van der Waals surface area (Å²) in [5, 5.41) is 2.60. The lowest BCUT2D eigenvalue weighted by Crippen LogP contribution is -2.27. The Kier molecular flexibility index (Phi) is 7.23. The molecule has 1 N–H and O–H groups in total. The van der Waals surface area contributed by atoms with Crippen molar-refractivity contribution in [3.8, 4) is 0 Å². The van der Waals surface area contributed by atoms with Gasteiger partial charge in [-0.2, -0.15) is 0 Å². The summed E-state index contributed by atoms with van der Waals surface area (Å²) in [6, 6.07) is 9.19. The van der Waals surface area contributed by atoms with E-state index in [1.807, 2.05) is 19.0 Å². The number of carbonyl (C=O) groups is 2. The van der Waals surface area contributed by atoms with E-state index in [0.29, 0.717) is 29.1 Å². The third-order valence-corrected chi connectivity index (χ3v) is 3.81. The number of nitrogens with zero attached hydrogens (tertiary/aromatic N) is 2. The number of pyridine rings is 1. The normalized spacial score (nSPS) is 12.4. The van der Waals surface area contributed by atoms with Crippen LogP contribution in [0.2, 0.25) is 0 Å². The average Bonchev–Trinajstić information content (AvgIpc) is 2.61. The molecule has 154 valence electrons. The first-order valence-electron chi connectivity index (χ1n) is 9.14. The van der Waals surface area contributed by atoms with Crippen LogP contribution in [0.25, 0.3) is 11.1 Å². The molecule has 1 aromatic carbocycles. The fourth-order valence-corrected chi connectivity index (χ4v) is 2.69. The summed E-state index contributed by atoms with van der Waals surface area (Å²) >= 11 is 0. The van der Waals surface area contributed by atoms with Gasteiger partial charge in [0.05, 0.1) is 0 Å². The average molecular weight is 399 g/mol. The molecule has 7 heteroatoms. The Morgan fingerprint density at radius 2 is 1.83 bits per heavy atom. The Labute approximate surface area is 170 Å². The number of ether oxygens (including phenoxy) is 1. The first kappa shape index (κ1) is 22.2. The molecule has 0 aliphatic carbocycles. The van der Waals surface area contributed by atoms with Crippen LogP contribution < -0.4 is 5.32 Å². The van der Waals surface area contributed by atoms with Gasteiger partial charge in [-0.25, -0.2) is 14.2 Å². The highest BCUT2D eigenvalue weighted by molar-refractivity contribution is 6.17. The van der Waals surface area contributed by atoms with E-state index >= 15 is 0 Å². The third-order valence-electron chi connectivity index (χ3n) is 3.81. The lowest BCUT2D eigenvalue weighted by Gasteiger charge is -2.20. The first-order chi connectivity index (χ1) is 13.6. The van der Waals surface area contributed by atoms with Gasteiger partial charge in [-0.3, -0.25) is 10.1 Å². The molecule has 1 heterocycles. The van der Waals surface area contributed by atoms with E-state index in [2.05, 4.69) is 10.3 Å². The second-order valence-corrected chi connectivity index (χ2v) is 7.81. The molecule has 0 aliphatic heterocycles. The summed E-state index contributed by atoms with van der Waals surface area (Å²) < 4.78 is 18.6. The van der Waals surface area contributed by atoms with Crippen molar-refractivity contribution in [2.45, 2.75) is 26.4 Å². The molecule has 0 bridgehead atoms. The molecule has 0 unspecified atom stereocenters. The molecule has 0 fully saturated rings. The summed E-state index contributed by atoms with van der Waals surface area (Å²) in [7, 11) is 3.77. The highest BCUT2D eigenvalue weighted by Gasteiger charge is 2.18. The Hall–Kier alpha value is -3.06. The maximum absolute atomic E-state index is 13.3. The number of hydrogen-bond acceptors (Lipinski definition) is 5. The van der Waals surface area contributed by atoms with Crippen LogP contribution >= 0.6 is 0 Å². The molecular formula is C22H26FN3O3. The molecule has 2 rings (SSSR count). The minimum absolute atomic E-state index is 0.303. The van der Waals surface area contributed by atoms with Crippen molar-refractivity contribution in [3.05, 3.63) is 59.5 Å². The fraction of sp³-hybridized carbons (Fsp3) is 0.318. The van der Waals surface area contributed by atoms with E-state index in [1.54, 1.807) is 51.2 Å². The minimum Gasteiger partial charge on any atom is -0.444 e. The first-order valence-corrected chi connectivity index (χ1v) is 9.14. The van der Waals surface area contributed by atoms with Gasteiger partial charge in [0.25, 0.3) is 0 Å². The smallest absolute Gasteiger partial charge is 0.413 e. The van der Waals surface area contributed by atoms with Crippen LogP contribution in [0.3, 0.4) is 0 Å². The van der Waals surface area contributed by atoms with E-state index in [4.69, 9.17) is 4.74 Å². The summed E-state index contributed by atoms with van der Waals surface area (Å²) in [5.41, 5.74) is 1.85. The van der Waals surface area contributed by atoms with Gasteiger partial charge < -0.3 is 9.64 Å². The summed E-state index contributed by atoms with van der Waals surface area (Å²) in [4.78, 5) is 30.1. The molecule has 0 saturated carbocycles. The van der Waals surface area contributed by atoms with Crippen LogP contribution in [0.1, 0.15) is 31.9 Å². The quantitative estimate of drug-likeness (QED) is 0.581. The van der Waals surface area contributed by atoms with E-state index in [1.165, 1.54) is 12.1 Å². The molecule has 0 radical (unpaired) electrons. The van der Waals surface area contributed by atoms with Crippen molar-refractivity contribution in [1.82, 2.24) is 9.88 Å². The van der Waals surface area contributed by atoms with Crippen LogP contribution in [0.15, 0.2) is 42.6 Å². The number of aromatic nitrogens is 1. The zero-order valence-corrected chi connectivity index (χ0v) is 17.3. The number of benzene rings is 1. The van der Waals surface area contributed by atoms with Gasteiger partial charge in [-0.05, 0) is 75.8 Å². The number of anilines is 1. The molecule has 0 atom stereocenters. The molecule has 29 heavy (non-hydrogen) atoms. The zero-order valence-electron chi connectivity index (χ0n) is 17.3. The van der Waals surface area contributed by atoms with Crippen molar-refractivity contribution in [2.75, 3.05) is 26.0 Å². The zero-order chi connectivity index (χ0) is 21.6. The molecular weight excluding hydrogens is 373 g/mol. The van der Waals surface area contributed by atoms with Crippen LogP contribution in [0.5, 0.6) is 0 Å². The Balaban J connectivity index is 2.46. The number of hydrogen-bond donors (Lipinski definition) is 1. The van der Waals surface area contributed by atoms with E-state index in [0.717, 1.165) is 11.9 Å². The summed E-state index contributed by atoms with van der Waals surface area (Å²) in [6.07, 6.45) is 1.69. The number of likely N-dealkylation sites (N-methyl/N-ethyl adjacent to an activating group) is 1. The largest absolute Gasteiger partial charge is 0.444 e. The second kappa shape index (κ2) is 9.43. The van der Waals surface area contributed by atoms with Gasteiger partial charge in [-0.15, -0.1) is 0 Å². The lowest BCUT2D eigenvalue weighted by molar-refractivity contribution is -0.103. The van der Waals surface area contributed by atoms with Gasteiger partial charge in [0.1, 0.15) is 17.2 Å². The number of halogens is 1. The van der Waals surface area contributed by atoms with Crippen LogP contribution in [-0.2, 0) is 9.53 Å². The Morgan fingerprint density at radius 1 is 1.17 bits per heavy atom. The van der Waals surface area contributed by atoms with Crippen LogP contribution in [-0.4, -0.2) is 48.5 Å². The molecule has 2 aromatic rings. The minimum atomic E-state index is -0.634. The SMILES string of the molecule is CN(C)CC(=C(C=O)c1ccc(F)cc1)c1ccnc(NC(=O)OC(C)(C)C)c1. The summed E-state index contributed by atoms with van der Waals surface area (Å²) in [6.45, 7) is 5.77. The highest BCUT2D eigenvalue weighted by Crippen LogP contribution is 2.27. The van der Waals surface area contributed by atoms with Crippen molar-refractivity contribution >= 4 is 29.3 Å². The topological polar surface area (TPSA) is 71.5 Å². The number of nitrogens with one attached hydrogen (secondary N) is 1. The Bertz CT molecular complexity index is 900. The van der Waals surface area contributed by atoms with Gasteiger partial charge >= 0.3 is 6.09 Å². The maximum atomic E-state index is 13.3. The van der Waals surface area contributed by atoms with Gasteiger partial charge in [0.15, 0.2) is 6.29 Å². The van der Waals surface area contributed by atoms with Crippen molar-refractivity contribution in [3.63, 3.8) is 0 Å².